The Labute approximate surface area is 207 Å². The molecule has 0 aliphatic rings. The molecule has 200 valence electrons. The van der Waals surface area contributed by atoms with Crippen LogP contribution >= 0.6 is 7.82 Å². The van der Waals surface area contributed by atoms with Gasteiger partial charge in [0.2, 0.25) is 5.91 Å². The summed E-state index contributed by atoms with van der Waals surface area (Å²) in [6.45, 7) is 4.52. The van der Waals surface area contributed by atoms with Gasteiger partial charge in [-0.2, -0.15) is 0 Å². The molecule has 0 saturated heterocycles. The minimum absolute atomic E-state index is 0.0556. The second kappa shape index (κ2) is 19.2. The number of hydrogen-bond donors (Lipinski definition) is 3. The van der Waals surface area contributed by atoms with Crippen LogP contribution in [0.3, 0.4) is 0 Å². The van der Waals surface area contributed by atoms with E-state index >= 15 is 0 Å². The van der Waals surface area contributed by atoms with Crippen molar-refractivity contribution < 1.29 is 32.9 Å². The average molecular weight is 506 g/mol. The van der Waals surface area contributed by atoms with Gasteiger partial charge < -0.3 is 19.8 Å². The summed E-state index contributed by atoms with van der Waals surface area (Å²) in [5.41, 5.74) is 0. The van der Waals surface area contributed by atoms with Gasteiger partial charge in [0, 0.05) is 6.42 Å². The van der Waals surface area contributed by atoms with Gasteiger partial charge in [-0.05, 0) is 25.7 Å². The maximum atomic E-state index is 12.4. The maximum absolute atomic E-state index is 12.4. The van der Waals surface area contributed by atoms with E-state index in [9.17, 15) is 19.4 Å². The van der Waals surface area contributed by atoms with Crippen LogP contribution in [0.5, 0.6) is 0 Å². The predicted octanol–water partition coefficient (Wildman–Crippen LogP) is 4.73. The van der Waals surface area contributed by atoms with Crippen molar-refractivity contribution >= 4 is 13.7 Å². The highest BCUT2D eigenvalue weighted by Gasteiger charge is 2.27. The third-order valence-corrected chi connectivity index (χ3v) is 6.14. The first-order valence-electron chi connectivity index (χ1n) is 12.7. The highest BCUT2D eigenvalue weighted by Crippen LogP contribution is 2.43. The van der Waals surface area contributed by atoms with E-state index in [-0.39, 0.29) is 19.1 Å². The second-order valence-electron chi connectivity index (χ2n) is 9.71. The summed E-state index contributed by atoms with van der Waals surface area (Å²) in [7, 11) is 1.54. The van der Waals surface area contributed by atoms with E-state index in [1.165, 1.54) is 0 Å². The van der Waals surface area contributed by atoms with Crippen molar-refractivity contribution in [3.63, 3.8) is 0 Å². The molecule has 0 radical (unpaired) electrons. The minimum Gasteiger partial charge on any atom is -0.387 e. The number of phosphoric ester groups is 1. The largest absolute Gasteiger partial charge is 0.472 e. The lowest BCUT2D eigenvalue weighted by Gasteiger charge is -2.25. The summed E-state index contributed by atoms with van der Waals surface area (Å²) < 4.78 is 23.0. The first kappa shape index (κ1) is 33.0. The van der Waals surface area contributed by atoms with Crippen LogP contribution < -0.4 is 5.32 Å². The standard InChI is InChI=1S/C25H49N2O6P/c1-6-8-10-12-13-15-16-18-24(28)23(26-25(29)19-17-14-11-9-7-2)22-33-34(30,31)32-21-20-27(3,4)5/h10,12,16,18,23-24,28H,6-9,11,13-15,17,19-22H2,1-5H3,(H-,26,29,30,31)/p+1/b12-10+,18-16+. The number of carbonyl (C=O) groups excluding carboxylic acids is 1. The fourth-order valence-electron chi connectivity index (χ4n) is 3.00. The fourth-order valence-corrected chi connectivity index (χ4v) is 3.74. The molecule has 0 aliphatic carbocycles. The zero-order chi connectivity index (χ0) is 25.9. The summed E-state index contributed by atoms with van der Waals surface area (Å²) in [6.07, 6.45) is 15.9. The predicted molar refractivity (Wildman–Crippen MR) is 138 cm³/mol. The first-order valence-corrected chi connectivity index (χ1v) is 14.2. The third-order valence-electron chi connectivity index (χ3n) is 5.16. The van der Waals surface area contributed by atoms with Gasteiger partial charge in [0.15, 0.2) is 0 Å². The molecule has 3 atom stereocenters. The number of aliphatic hydroxyl groups excluding tert-OH is 1. The molecule has 34 heavy (non-hydrogen) atoms. The number of rotatable bonds is 21. The first-order chi connectivity index (χ1) is 16.0. The van der Waals surface area contributed by atoms with Crippen LogP contribution in [0.4, 0.5) is 0 Å². The summed E-state index contributed by atoms with van der Waals surface area (Å²) in [5, 5.41) is 13.4. The highest BCUT2D eigenvalue weighted by molar-refractivity contribution is 7.47. The van der Waals surface area contributed by atoms with Crippen molar-refractivity contribution in [2.75, 3.05) is 40.9 Å². The quantitative estimate of drug-likeness (QED) is 0.0902. The van der Waals surface area contributed by atoms with Gasteiger partial charge in [0.1, 0.15) is 13.2 Å². The Morgan fingerprint density at radius 3 is 2.26 bits per heavy atom. The minimum atomic E-state index is -4.30. The van der Waals surface area contributed by atoms with Crippen molar-refractivity contribution in [3.8, 4) is 0 Å². The molecule has 0 spiro atoms. The summed E-state index contributed by atoms with van der Waals surface area (Å²) >= 11 is 0. The smallest absolute Gasteiger partial charge is 0.387 e. The van der Waals surface area contributed by atoms with Gasteiger partial charge >= 0.3 is 7.82 Å². The summed E-state index contributed by atoms with van der Waals surface area (Å²) in [6, 6.07) is -0.850. The third kappa shape index (κ3) is 20.4. The van der Waals surface area contributed by atoms with Crippen LogP contribution in [0.2, 0.25) is 0 Å². The lowest BCUT2D eigenvalue weighted by Crippen LogP contribution is -2.45. The van der Waals surface area contributed by atoms with E-state index < -0.39 is 20.0 Å². The Morgan fingerprint density at radius 1 is 0.971 bits per heavy atom. The van der Waals surface area contributed by atoms with Gasteiger partial charge in [0.25, 0.3) is 0 Å². The summed E-state index contributed by atoms with van der Waals surface area (Å²) in [4.78, 5) is 22.4. The Morgan fingerprint density at radius 2 is 1.62 bits per heavy atom. The molecule has 0 aromatic heterocycles. The Bertz CT molecular complexity index is 633. The molecule has 3 N–H and O–H groups in total. The number of nitrogens with one attached hydrogen (secondary N) is 1. The van der Waals surface area contributed by atoms with E-state index in [4.69, 9.17) is 9.05 Å². The number of quaternary nitrogens is 1. The van der Waals surface area contributed by atoms with Crippen LogP contribution in [-0.4, -0.2) is 73.4 Å². The fraction of sp³-hybridized carbons (Fsp3) is 0.800. The number of carbonyl (C=O) groups is 1. The van der Waals surface area contributed by atoms with Crippen molar-refractivity contribution in [1.82, 2.24) is 5.32 Å². The molecule has 0 aromatic carbocycles. The number of likely N-dealkylation sites (N-methyl/N-ethyl adjacent to an activating group) is 1. The van der Waals surface area contributed by atoms with E-state index in [2.05, 4.69) is 31.3 Å². The van der Waals surface area contributed by atoms with Gasteiger partial charge in [-0.25, -0.2) is 4.57 Å². The second-order valence-corrected chi connectivity index (χ2v) is 11.2. The Kier molecular flexibility index (Phi) is 18.6. The number of unbranched alkanes of at least 4 members (excludes halogenated alkanes) is 6. The van der Waals surface area contributed by atoms with Crippen molar-refractivity contribution in [2.24, 2.45) is 0 Å². The van der Waals surface area contributed by atoms with E-state index in [1.54, 1.807) is 6.08 Å². The molecule has 0 saturated carbocycles. The van der Waals surface area contributed by atoms with E-state index in [0.717, 1.165) is 57.8 Å². The summed E-state index contributed by atoms with van der Waals surface area (Å²) in [5.74, 6) is -0.209. The topological polar surface area (TPSA) is 105 Å². The number of nitrogens with zero attached hydrogens (tertiary/aromatic N) is 1. The number of allylic oxidation sites excluding steroid dienone is 3. The van der Waals surface area contributed by atoms with Crippen molar-refractivity contribution in [1.29, 1.82) is 0 Å². The SMILES string of the molecule is CCC/C=C/CC/C=C/C(O)C(COP(=O)(O)OCC[N+](C)(C)C)NC(=O)CCCCCCC. The van der Waals surface area contributed by atoms with Gasteiger partial charge in [-0.15, -0.1) is 0 Å². The molecule has 0 heterocycles. The Balaban J connectivity index is 4.84. The lowest BCUT2D eigenvalue weighted by atomic mass is 10.1. The van der Waals surface area contributed by atoms with Crippen LogP contribution in [0.1, 0.15) is 78.1 Å². The molecule has 0 rings (SSSR count). The monoisotopic (exact) mass is 505 g/mol. The average Bonchev–Trinajstić information content (AvgIpc) is 2.74. The maximum Gasteiger partial charge on any atom is 0.472 e. The van der Waals surface area contributed by atoms with E-state index in [0.29, 0.717) is 17.4 Å². The number of amides is 1. The normalized spacial score (nSPS) is 16.1. The molecular formula is C25H50N2O6P+. The van der Waals surface area contributed by atoms with Gasteiger partial charge in [-0.1, -0.05) is 70.3 Å². The molecular weight excluding hydrogens is 455 g/mol. The van der Waals surface area contributed by atoms with Crippen molar-refractivity contribution in [2.45, 2.75) is 90.2 Å². The van der Waals surface area contributed by atoms with Gasteiger partial charge in [0.05, 0.1) is 39.9 Å². The van der Waals surface area contributed by atoms with E-state index in [1.807, 2.05) is 27.2 Å². The molecule has 1 amide bonds. The molecule has 0 aromatic rings. The molecule has 9 heteroatoms. The molecule has 0 fully saturated rings. The zero-order valence-electron chi connectivity index (χ0n) is 22.1. The number of hydrogen-bond acceptors (Lipinski definition) is 5. The van der Waals surface area contributed by atoms with Crippen LogP contribution in [0.25, 0.3) is 0 Å². The number of phosphoric acid groups is 1. The molecule has 3 unspecified atom stereocenters. The van der Waals surface area contributed by atoms with Crippen LogP contribution in [0, 0.1) is 0 Å². The van der Waals surface area contributed by atoms with Crippen molar-refractivity contribution in [3.05, 3.63) is 24.3 Å². The van der Waals surface area contributed by atoms with Gasteiger partial charge in [-0.3, -0.25) is 13.8 Å². The zero-order valence-corrected chi connectivity index (χ0v) is 23.0. The molecule has 0 bridgehead atoms. The molecule has 8 nitrogen and oxygen atoms in total. The highest BCUT2D eigenvalue weighted by atomic mass is 31.2. The number of aliphatic hydroxyl groups is 1. The lowest BCUT2D eigenvalue weighted by molar-refractivity contribution is -0.870. The Hall–Kier alpha value is -1.02. The van der Waals surface area contributed by atoms with Crippen LogP contribution in [0.15, 0.2) is 24.3 Å². The molecule has 0 aliphatic heterocycles. The van der Waals surface area contributed by atoms with Crippen LogP contribution in [-0.2, 0) is 18.4 Å².